The number of imidazole rings is 1. The van der Waals surface area contributed by atoms with Crippen LogP contribution in [0.2, 0.25) is 5.02 Å². The summed E-state index contributed by atoms with van der Waals surface area (Å²) in [6.07, 6.45) is 12.3. The number of hydrogen-bond donors (Lipinski definition) is 0. The summed E-state index contributed by atoms with van der Waals surface area (Å²) in [5, 5.41) is 0.774. The monoisotopic (exact) mass is 388 g/mol. The van der Waals surface area contributed by atoms with Gasteiger partial charge in [-0.3, -0.25) is 0 Å². The summed E-state index contributed by atoms with van der Waals surface area (Å²) in [7, 11) is 0. The van der Waals surface area contributed by atoms with E-state index < -0.39 is 0 Å². The van der Waals surface area contributed by atoms with Gasteiger partial charge in [-0.25, -0.2) is 4.98 Å². The molecule has 1 heterocycles. The van der Waals surface area contributed by atoms with Crippen LogP contribution in [0.5, 0.6) is 0 Å². The lowest BCUT2D eigenvalue weighted by molar-refractivity contribution is -0.0276. The summed E-state index contributed by atoms with van der Waals surface area (Å²) in [4.78, 5) is 4.16. The number of benzene rings is 1. The van der Waals surface area contributed by atoms with E-state index >= 15 is 0 Å². The van der Waals surface area contributed by atoms with Gasteiger partial charge in [0.25, 0.3) is 0 Å². The van der Waals surface area contributed by atoms with E-state index in [1.165, 1.54) is 31.2 Å². The molecule has 0 bridgehead atoms. The Labute approximate surface area is 169 Å². The summed E-state index contributed by atoms with van der Waals surface area (Å²) >= 11 is 6.00. The third kappa shape index (κ3) is 6.08. The molecule has 3 rings (SSSR count). The molecule has 4 heteroatoms. The maximum Gasteiger partial charge on any atom is 0.0945 e. The number of nitrogens with zero attached hydrogens (tertiary/aromatic N) is 2. The lowest BCUT2D eigenvalue weighted by Crippen LogP contribution is -2.32. The van der Waals surface area contributed by atoms with Crippen molar-refractivity contribution in [3.8, 4) is 0 Å². The minimum atomic E-state index is 0.295. The summed E-state index contributed by atoms with van der Waals surface area (Å²) in [6.45, 7) is 8.76. The molecule has 0 spiro atoms. The second-order valence-corrected chi connectivity index (χ2v) is 9.48. The highest BCUT2D eigenvalue weighted by atomic mass is 35.5. The van der Waals surface area contributed by atoms with Crippen LogP contribution in [0.4, 0.5) is 0 Å². The van der Waals surface area contributed by atoms with Gasteiger partial charge >= 0.3 is 0 Å². The normalized spacial score (nSPS) is 21.9. The molecule has 1 unspecified atom stereocenters. The zero-order valence-corrected chi connectivity index (χ0v) is 17.7. The number of aromatic nitrogens is 2. The molecule has 1 aromatic carbocycles. The number of hydrogen-bond acceptors (Lipinski definition) is 2. The Kier molecular flexibility index (Phi) is 6.99. The molecule has 1 aliphatic rings. The van der Waals surface area contributed by atoms with Crippen LogP contribution in [-0.4, -0.2) is 15.7 Å². The second kappa shape index (κ2) is 9.25. The predicted octanol–water partition coefficient (Wildman–Crippen LogP) is 6.36. The Bertz CT molecular complexity index is 667. The van der Waals surface area contributed by atoms with Gasteiger partial charge in [0, 0.05) is 24.0 Å². The first-order valence-corrected chi connectivity index (χ1v) is 10.6. The van der Waals surface area contributed by atoms with E-state index in [4.69, 9.17) is 16.3 Å². The quantitative estimate of drug-likeness (QED) is 0.551. The van der Waals surface area contributed by atoms with Crippen molar-refractivity contribution in [1.29, 1.82) is 0 Å². The molecule has 0 aliphatic heterocycles. The predicted molar refractivity (Wildman–Crippen MR) is 112 cm³/mol. The molecule has 1 aliphatic carbocycles. The average Bonchev–Trinajstić information content (AvgIpc) is 3.16. The molecule has 148 valence electrons. The summed E-state index contributed by atoms with van der Waals surface area (Å²) in [5.41, 5.74) is 1.61. The first-order valence-electron chi connectivity index (χ1n) is 10.2. The molecule has 1 aromatic heterocycles. The van der Waals surface area contributed by atoms with E-state index in [0.717, 1.165) is 23.9 Å². The Morgan fingerprint density at radius 3 is 2.44 bits per heavy atom. The number of halogens is 1. The SMILES string of the molecule is CC(C)(C)C1CCC(C(CCn2ccnc2)OCc2ccc(Cl)cc2)CC1. The van der Waals surface area contributed by atoms with E-state index in [9.17, 15) is 0 Å². The van der Waals surface area contributed by atoms with Crippen molar-refractivity contribution < 1.29 is 4.74 Å². The molecular weight excluding hydrogens is 356 g/mol. The number of aryl methyl sites for hydroxylation is 1. The van der Waals surface area contributed by atoms with Crippen LogP contribution in [0.3, 0.4) is 0 Å². The van der Waals surface area contributed by atoms with Crippen molar-refractivity contribution in [1.82, 2.24) is 9.55 Å². The van der Waals surface area contributed by atoms with Crippen molar-refractivity contribution in [2.75, 3.05) is 0 Å². The highest BCUT2D eigenvalue weighted by Crippen LogP contribution is 2.41. The van der Waals surface area contributed by atoms with E-state index in [-0.39, 0.29) is 0 Å². The van der Waals surface area contributed by atoms with Crippen molar-refractivity contribution >= 4 is 11.6 Å². The topological polar surface area (TPSA) is 27.1 Å². The van der Waals surface area contributed by atoms with Gasteiger partial charge in [-0.05, 0) is 67.1 Å². The first-order chi connectivity index (χ1) is 12.9. The van der Waals surface area contributed by atoms with Crippen LogP contribution in [0.15, 0.2) is 43.0 Å². The number of ether oxygens (including phenoxy) is 1. The largest absolute Gasteiger partial charge is 0.373 e. The lowest BCUT2D eigenvalue weighted by Gasteiger charge is -2.39. The maximum atomic E-state index is 6.45. The molecule has 3 nitrogen and oxygen atoms in total. The van der Waals surface area contributed by atoms with Crippen molar-refractivity contribution in [3.63, 3.8) is 0 Å². The molecule has 0 saturated heterocycles. The third-order valence-electron chi connectivity index (χ3n) is 6.13. The molecule has 1 saturated carbocycles. The molecular formula is C23H33ClN2O. The first kappa shape index (κ1) is 20.4. The van der Waals surface area contributed by atoms with Crippen LogP contribution in [0.25, 0.3) is 0 Å². The van der Waals surface area contributed by atoms with Crippen LogP contribution >= 0.6 is 11.6 Å². The summed E-state index contributed by atoms with van der Waals surface area (Å²) < 4.78 is 8.60. The van der Waals surface area contributed by atoms with Crippen molar-refractivity contribution in [2.24, 2.45) is 17.3 Å². The molecule has 27 heavy (non-hydrogen) atoms. The maximum absolute atomic E-state index is 6.45. The Balaban J connectivity index is 1.59. The fourth-order valence-electron chi connectivity index (χ4n) is 4.29. The smallest absolute Gasteiger partial charge is 0.0945 e. The fraction of sp³-hybridized carbons (Fsp3) is 0.609. The Morgan fingerprint density at radius 1 is 1.15 bits per heavy atom. The summed E-state index contributed by atoms with van der Waals surface area (Å²) in [6, 6.07) is 8.00. The van der Waals surface area contributed by atoms with Crippen LogP contribution in [0.1, 0.15) is 58.4 Å². The molecule has 1 atom stereocenters. The van der Waals surface area contributed by atoms with E-state index in [2.05, 4.69) is 42.5 Å². The van der Waals surface area contributed by atoms with Gasteiger partial charge in [0.15, 0.2) is 0 Å². The van der Waals surface area contributed by atoms with Gasteiger partial charge in [0.1, 0.15) is 0 Å². The molecule has 0 N–H and O–H groups in total. The van der Waals surface area contributed by atoms with Gasteiger partial charge in [-0.15, -0.1) is 0 Å². The van der Waals surface area contributed by atoms with E-state index in [0.29, 0.717) is 24.0 Å². The van der Waals surface area contributed by atoms with Gasteiger partial charge in [0.05, 0.1) is 19.0 Å². The molecule has 0 amide bonds. The molecule has 2 aromatic rings. The third-order valence-corrected chi connectivity index (χ3v) is 6.38. The van der Waals surface area contributed by atoms with Crippen molar-refractivity contribution in [2.45, 2.75) is 72.1 Å². The summed E-state index contributed by atoms with van der Waals surface area (Å²) in [5.74, 6) is 1.48. The minimum absolute atomic E-state index is 0.295. The Morgan fingerprint density at radius 2 is 1.85 bits per heavy atom. The lowest BCUT2D eigenvalue weighted by atomic mass is 9.68. The second-order valence-electron chi connectivity index (χ2n) is 9.04. The average molecular weight is 389 g/mol. The minimum Gasteiger partial charge on any atom is -0.373 e. The highest BCUT2D eigenvalue weighted by molar-refractivity contribution is 6.30. The zero-order chi connectivity index (χ0) is 19.3. The standard InChI is InChI=1S/C23H33ClN2O/c1-23(2,3)20-8-6-19(7-9-20)22(12-14-26-15-13-25-17-26)27-16-18-4-10-21(24)11-5-18/h4-5,10-11,13,15,17,19-20,22H,6-9,12,14,16H2,1-3H3. The molecule has 0 radical (unpaired) electrons. The molecule has 1 fully saturated rings. The fourth-order valence-corrected chi connectivity index (χ4v) is 4.42. The van der Waals surface area contributed by atoms with Gasteiger partial charge < -0.3 is 9.30 Å². The number of rotatable bonds is 7. The van der Waals surface area contributed by atoms with Crippen LogP contribution in [-0.2, 0) is 17.9 Å². The van der Waals surface area contributed by atoms with Crippen LogP contribution < -0.4 is 0 Å². The van der Waals surface area contributed by atoms with Gasteiger partial charge in [-0.2, -0.15) is 0 Å². The van der Waals surface area contributed by atoms with Crippen molar-refractivity contribution in [3.05, 3.63) is 53.6 Å². The Hall–Kier alpha value is -1.32. The zero-order valence-electron chi connectivity index (χ0n) is 16.9. The van der Waals surface area contributed by atoms with Crippen LogP contribution in [0, 0.1) is 17.3 Å². The van der Waals surface area contributed by atoms with Gasteiger partial charge in [0.2, 0.25) is 0 Å². The van der Waals surface area contributed by atoms with Gasteiger partial charge in [-0.1, -0.05) is 44.5 Å². The highest BCUT2D eigenvalue weighted by Gasteiger charge is 2.33. The van der Waals surface area contributed by atoms with E-state index in [1.807, 2.05) is 30.9 Å². The van der Waals surface area contributed by atoms with E-state index in [1.54, 1.807) is 0 Å².